The summed E-state index contributed by atoms with van der Waals surface area (Å²) in [6, 6.07) is 6.31. The molecule has 0 amide bonds. The molecule has 1 saturated heterocycles. The van der Waals surface area contributed by atoms with Gasteiger partial charge in [-0.15, -0.1) is 0 Å². The largest absolute Gasteiger partial charge is 0.481 e. The van der Waals surface area contributed by atoms with E-state index in [9.17, 15) is 0 Å². The molecule has 0 saturated carbocycles. The van der Waals surface area contributed by atoms with E-state index in [1.807, 2.05) is 37.2 Å². The number of hydrogen-bond donors (Lipinski definition) is 1. The number of rotatable bonds is 6. The van der Waals surface area contributed by atoms with Gasteiger partial charge in [0.2, 0.25) is 11.8 Å². The van der Waals surface area contributed by atoms with Gasteiger partial charge in [-0.1, -0.05) is 0 Å². The van der Waals surface area contributed by atoms with Gasteiger partial charge >= 0.3 is 0 Å². The van der Waals surface area contributed by atoms with E-state index in [2.05, 4.69) is 25.2 Å². The van der Waals surface area contributed by atoms with E-state index in [1.165, 1.54) is 5.56 Å². The number of methoxy groups -OCH3 is 1. The molecule has 134 valence electrons. The molecule has 1 atom stereocenters. The molecule has 2 aromatic heterocycles. The van der Waals surface area contributed by atoms with E-state index < -0.39 is 0 Å². The summed E-state index contributed by atoms with van der Waals surface area (Å²) in [5.41, 5.74) is 1.22. The molecule has 25 heavy (non-hydrogen) atoms. The maximum absolute atomic E-state index is 5.21. The Bertz CT molecular complexity index is 693. The molecular weight excluding hydrogens is 316 g/mol. The molecule has 0 aromatic carbocycles. The Morgan fingerprint density at radius 3 is 2.92 bits per heavy atom. The van der Waals surface area contributed by atoms with Crippen LogP contribution in [0.3, 0.4) is 0 Å². The number of likely N-dealkylation sites (tertiary alicyclic amines) is 1. The Hall–Kier alpha value is -2.41. The van der Waals surface area contributed by atoms with E-state index >= 15 is 0 Å². The third-order valence-corrected chi connectivity index (χ3v) is 4.35. The predicted molar refractivity (Wildman–Crippen MR) is 99.1 cm³/mol. The van der Waals surface area contributed by atoms with Crippen LogP contribution in [0.2, 0.25) is 0 Å². The zero-order chi connectivity index (χ0) is 17.6. The average Bonchev–Trinajstić information content (AvgIpc) is 2.62. The Balaban J connectivity index is 1.60. The molecule has 0 spiro atoms. The minimum atomic E-state index is 0.356. The Kier molecular flexibility index (Phi) is 5.65. The Morgan fingerprint density at radius 1 is 1.28 bits per heavy atom. The zero-order valence-corrected chi connectivity index (χ0v) is 15.1. The molecule has 0 radical (unpaired) electrons. The third kappa shape index (κ3) is 4.79. The van der Waals surface area contributed by atoms with Crippen LogP contribution >= 0.6 is 0 Å². The summed E-state index contributed by atoms with van der Waals surface area (Å²) in [6.45, 7) is 2.97. The molecule has 3 heterocycles. The van der Waals surface area contributed by atoms with Gasteiger partial charge in [0.1, 0.15) is 5.82 Å². The number of nitrogens with one attached hydrogen (secondary N) is 1. The topological polar surface area (TPSA) is 66.4 Å². The second-order valence-electron chi connectivity index (χ2n) is 6.56. The van der Waals surface area contributed by atoms with Crippen LogP contribution in [-0.4, -0.2) is 60.2 Å². The standard InChI is InChI=1S/C18H26N6O/c1-23(2)16-7-9-20-18(22-16)21-15-5-4-10-24(13-15)12-14-6-8-19-17(11-14)25-3/h6-9,11,15H,4-5,10,12-13H2,1-3H3,(H,20,21,22). The van der Waals surface area contributed by atoms with Crippen molar-refractivity contribution in [2.24, 2.45) is 0 Å². The minimum absolute atomic E-state index is 0.356. The van der Waals surface area contributed by atoms with E-state index in [4.69, 9.17) is 4.74 Å². The van der Waals surface area contributed by atoms with Crippen LogP contribution in [0.15, 0.2) is 30.6 Å². The van der Waals surface area contributed by atoms with E-state index in [0.29, 0.717) is 17.9 Å². The predicted octanol–water partition coefficient (Wildman–Crippen LogP) is 2.02. The summed E-state index contributed by atoms with van der Waals surface area (Å²) in [4.78, 5) is 17.5. The summed E-state index contributed by atoms with van der Waals surface area (Å²) in [5, 5.41) is 3.49. The van der Waals surface area contributed by atoms with Crippen LogP contribution in [0.1, 0.15) is 18.4 Å². The van der Waals surface area contributed by atoms with Crippen molar-refractivity contribution in [3.8, 4) is 5.88 Å². The highest BCUT2D eigenvalue weighted by Gasteiger charge is 2.21. The molecule has 0 bridgehead atoms. The average molecular weight is 342 g/mol. The number of aromatic nitrogens is 3. The zero-order valence-electron chi connectivity index (χ0n) is 15.1. The molecule has 1 N–H and O–H groups in total. The number of nitrogens with zero attached hydrogens (tertiary/aromatic N) is 5. The second-order valence-corrected chi connectivity index (χ2v) is 6.56. The lowest BCUT2D eigenvalue weighted by molar-refractivity contribution is 0.208. The first-order valence-corrected chi connectivity index (χ1v) is 8.62. The van der Waals surface area contributed by atoms with Gasteiger partial charge in [-0.25, -0.2) is 9.97 Å². The number of hydrogen-bond acceptors (Lipinski definition) is 7. The van der Waals surface area contributed by atoms with Crippen molar-refractivity contribution in [3.05, 3.63) is 36.2 Å². The fourth-order valence-corrected chi connectivity index (χ4v) is 3.09. The third-order valence-electron chi connectivity index (χ3n) is 4.35. The van der Waals surface area contributed by atoms with Crippen molar-refractivity contribution in [2.75, 3.05) is 44.5 Å². The van der Waals surface area contributed by atoms with Gasteiger partial charge in [0.05, 0.1) is 7.11 Å². The smallest absolute Gasteiger partial charge is 0.224 e. The van der Waals surface area contributed by atoms with Crippen molar-refractivity contribution < 1.29 is 4.74 Å². The SMILES string of the molecule is COc1cc(CN2CCCC(Nc3nccc(N(C)C)n3)C2)ccn1. The van der Waals surface area contributed by atoms with Crippen LogP contribution in [-0.2, 0) is 6.54 Å². The maximum Gasteiger partial charge on any atom is 0.224 e. The molecule has 0 aliphatic carbocycles. The van der Waals surface area contributed by atoms with Crippen LogP contribution in [0, 0.1) is 0 Å². The van der Waals surface area contributed by atoms with Crippen molar-refractivity contribution in [3.63, 3.8) is 0 Å². The lowest BCUT2D eigenvalue weighted by Crippen LogP contribution is -2.41. The summed E-state index contributed by atoms with van der Waals surface area (Å²) in [5.74, 6) is 2.27. The number of pyridine rings is 1. The van der Waals surface area contributed by atoms with E-state index in [0.717, 1.165) is 38.3 Å². The summed E-state index contributed by atoms with van der Waals surface area (Å²) >= 11 is 0. The maximum atomic E-state index is 5.21. The van der Waals surface area contributed by atoms with E-state index in [-0.39, 0.29) is 0 Å². The van der Waals surface area contributed by atoms with Crippen LogP contribution < -0.4 is 15.0 Å². The molecular formula is C18H26N6O. The molecule has 3 rings (SSSR count). The fourth-order valence-electron chi connectivity index (χ4n) is 3.09. The quantitative estimate of drug-likeness (QED) is 0.861. The van der Waals surface area contributed by atoms with Gasteiger partial charge in [0, 0.05) is 51.7 Å². The number of piperidine rings is 1. The monoisotopic (exact) mass is 342 g/mol. The molecule has 1 aliphatic rings. The number of anilines is 2. The normalized spacial score (nSPS) is 18.0. The van der Waals surface area contributed by atoms with Crippen molar-refractivity contribution >= 4 is 11.8 Å². The van der Waals surface area contributed by atoms with E-state index in [1.54, 1.807) is 19.5 Å². The van der Waals surface area contributed by atoms with Gasteiger partial charge < -0.3 is 15.0 Å². The van der Waals surface area contributed by atoms with Gasteiger partial charge in [-0.05, 0) is 37.1 Å². The first-order chi connectivity index (χ1) is 12.1. The number of ether oxygens (including phenoxy) is 1. The summed E-state index contributed by atoms with van der Waals surface area (Å²) < 4.78 is 5.21. The second kappa shape index (κ2) is 8.11. The first kappa shape index (κ1) is 17.4. The Labute approximate surface area is 149 Å². The van der Waals surface area contributed by atoms with Crippen molar-refractivity contribution in [1.82, 2.24) is 19.9 Å². The summed E-state index contributed by atoms with van der Waals surface area (Å²) in [6.07, 6.45) is 5.89. The van der Waals surface area contributed by atoms with Crippen LogP contribution in [0.5, 0.6) is 5.88 Å². The molecule has 1 unspecified atom stereocenters. The highest BCUT2D eigenvalue weighted by Crippen LogP contribution is 2.18. The molecule has 1 fully saturated rings. The van der Waals surface area contributed by atoms with Gasteiger partial charge in [0.15, 0.2) is 0 Å². The van der Waals surface area contributed by atoms with Crippen molar-refractivity contribution in [2.45, 2.75) is 25.4 Å². The molecule has 2 aromatic rings. The van der Waals surface area contributed by atoms with Gasteiger partial charge in [0.25, 0.3) is 0 Å². The first-order valence-electron chi connectivity index (χ1n) is 8.62. The lowest BCUT2D eigenvalue weighted by atomic mass is 10.1. The van der Waals surface area contributed by atoms with Crippen molar-refractivity contribution in [1.29, 1.82) is 0 Å². The highest BCUT2D eigenvalue weighted by atomic mass is 16.5. The lowest BCUT2D eigenvalue weighted by Gasteiger charge is -2.33. The Morgan fingerprint density at radius 2 is 2.12 bits per heavy atom. The van der Waals surface area contributed by atoms with Crippen LogP contribution in [0.25, 0.3) is 0 Å². The highest BCUT2D eigenvalue weighted by molar-refractivity contribution is 5.41. The molecule has 7 nitrogen and oxygen atoms in total. The van der Waals surface area contributed by atoms with Crippen LogP contribution in [0.4, 0.5) is 11.8 Å². The summed E-state index contributed by atoms with van der Waals surface area (Å²) in [7, 11) is 5.61. The van der Waals surface area contributed by atoms with Gasteiger partial charge in [-0.3, -0.25) is 4.90 Å². The molecule has 7 heteroatoms. The van der Waals surface area contributed by atoms with Gasteiger partial charge in [-0.2, -0.15) is 4.98 Å². The minimum Gasteiger partial charge on any atom is -0.481 e. The molecule has 1 aliphatic heterocycles. The fraction of sp³-hybridized carbons (Fsp3) is 0.500.